The van der Waals surface area contributed by atoms with Gasteiger partial charge in [0.15, 0.2) is 11.5 Å². The quantitative estimate of drug-likeness (QED) is 0.487. The molecule has 0 saturated carbocycles. The van der Waals surface area contributed by atoms with E-state index in [0.29, 0.717) is 0 Å². The van der Waals surface area contributed by atoms with Gasteiger partial charge in [-0.3, -0.25) is 0 Å². The first kappa shape index (κ1) is 17.8. The summed E-state index contributed by atoms with van der Waals surface area (Å²) in [6.45, 7) is 2.36. The second-order valence-electron chi connectivity index (χ2n) is 7.78. The van der Waals surface area contributed by atoms with Gasteiger partial charge < -0.3 is 14.2 Å². The van der Waals surface area contributed by atoms with Crippen LogP contribution in [-0.2, 0) is 0 Å². The van der Waals surface area contributed by atoms with Crippen molar-refractivity contribution in [3.63, 3.8) is 0 Å². The molecule has 0 amide bonds. The zero-order chi connectivity index (χ0) is 20.2. The van der Waals surface area contributed by atoms with E-state index in [9.17, 15) is 0 Å². The van der Waals surface area contributed by atoms with Gasteiger partial charge in [-0.25, -0.2) is 5.01 Å². The Labute approximate surface area is 183 Å². The van der Waals surface area contributed by atoms with Gasteiger partial charge in [-0.15, -0.1) is 0 Å². The van der Waals surface area contributed by atoms with E-state index in [0.717, 1.165) is 50.5 Å². The van der Waals surface area contributed by atoms with Crippen molar-refractivity contribution in [2.24, 2.45) is 5.10 Å². The van der Waals surface area contributed by atoms with Crippen molar-refractivity contribution in [3.8, 4) is 17.2 Å². The fraction of sp³-hybridized carbons (Fsp3) is 0.208. The Morgan fingerprint density at radius 3 is 2.60 bits per heavy atom. The Kier molecular flexibility index (Phi) is 4.03. The highest BCUT2D eigenvalue weighted by molar-refractivity contribution is 9.10. The lowest BCUT2D eigenvalue weighted by atomic mass is 9.95. The van der Waals surface area contributed by atoms with Crippen molar-refractivity contribution in [1.82, 2.24) is 5.01 Å². The third kappa shape index (κ3) is 2.86. The molecule has 2 atom stereocenters. The number of halogens is 1. The van der Waals surface area contributed by atoms with E-state index in [2.05, 4.69) is 58.2 Å². The van der Waals surface area contributed by atoms with Gasteiger partial charge in [0, 0.05) is 27.6 Å². The molecule has 0 saturated heterocycles. The van der Waals surface area contributed by atoms with E-state index >= 15 is 0 Å². The van der Waals surface area contributed by atoms with E-state index in [1.54, 1.807) is 0 Å². The van der Waals surface area contributed by atoms with Gasteiger partial charge in [0.2, 0.25) is 13.0 Å². The average molecular weight is 463 g/mol. The van der Waals surface area contributed by atoms with Crippen molar-refractivity contribution in [3.05, 3.63) is 87.4 Å². The number of nitrogens with zero attached hydrogens (tertiary/aromatic N) is 2. The second-order valence-corrected chi connectivity index (χ2v) is 8.69. The van der Waals surface area contributed by atoms with Crippen LogP contribution in [0.3, 0.4) is 0 Å². The third-order valence-corrected chi connectivity index (χ3v) is 6.31. The van der Waals surface area contributed by atoms with Crippen LogP contribution in [0.4, 0.5) is 0 Å². The summed E-state index contributed by atoms with van der Waals surface area (Å²) in [6.07, 6.45) is 0.533. The maximum Gasteiger partial charge on any atom is 0.231 e. The summed E-state index contributed by atoms with van der Waals surface area (Å²) in [4.78, 5) is 0. The highest BCUT2D eigenvalue weighted by Gasteiger charge is 2.41. The molecule has 0 N–H and O–H groups in total. The summed E-state index contributed by atoms with van der Waals surface area (Å²) in [6, 6.07) is 20.8. The molecule has 0 fully saturated rings. The Hall–Kier alpha value is -2.99. The number of fused-ring (bicyclic) bond motifs is 4. The standard InChI is InChI=1S/C24H19BrN2O3/c1-14-2-4-15(5-3-14)24-27-20(18-11-17(25)7-9-21(18)30-24)12-19(26-27)16-6-8-22-23(10-16)29-13-28-22/h2-11,20,24H,12-13H2,1H3/t20-,24+/m1/s1. The maximum atomic E-state index is 6.44. The molecule has 6 heteroatoms. The SMILES string of the molecule is Cc1ccc([C@@H]2Oc3ccc(Br)cc3[C@H]3CC(c4ccc5c(c4)OCO5)=NN32)cc1. The lowest BCUT2D eigenvalue weighted by Gasteiger charge is -2.38. The Morgan fingerprint density at radius 2 is 1.73 bits per heavy atom. The van der Waals surface area contributed by atoms with Gasteiger partial charge in [-0.1, -0.05) is 45.8 Å². The predicted octanol–water partition coefficient (Wildman–Crippen LogP) is 5.73. The molecule has 0 aromatic heterocycles. The molecule has 150 valence electrons. The first-order valence-corrected chi connectivity index (χ1v) is 10.7. The van der Waals surface area contributed by atoms with E-state index < -0.39 is 0 Å². The second kappa shape index (κ2) is 6.77. The number of benzene rings is 3. The first-order chi connectivity index (χ1) is 14.7. The van der Waals surface area contributed by atoms with Gasteiger partial charge in [-0.2, -0.15) is 5.10 Å². The number of ether oxygens (including phenoxy) is 3. The number of hydrogen-bond acceptors (Lipinski definition) is 5. The molecule has 0 bridgehead atoms. The lowest BCUT2D eigenvalue weighted by molar-refractivity contribution is -0.0190. The topological polar surface area (TPSA) is 43.3 Å². The summed E-state index contributed by atoms with van der Waals surface area (Å²) in [7, 11) is 0. The molecule has 3 aromatic carbocycles. The molecular formula is C24H19BrN2O3. The van der Waals surface area contributed by atoms with Crippen molar-refractivity contribution in [2.45, 2.75) is 25.6 Å². The monoisotopic (exact) mass is 462 g/mol. The van der Waals surface area contributed by atoms with Crippen LogP contribution in [0.1, 0.15) is 40.9 Å². The normalized spacial score (nSPS) is 21.0. The van der Waals surface area contributed by atoms with E-state index in [1.807, 2.05) is 30.3 Å². The predicted molar refractivity (Wildman–Crippen MR) is 117 cm³/mol. The van der Waals surface area contributed by atoms with Crippen LogP contribution in [0.5, 0.6) is 17.2 Å². The fourth-order valence-electron chi connectivity index (χ4n) is 4.26. The largest absolute Gasteiger partial charge is 0.464 e. The van der Waals surface area contributed by atoms with E-state index in [4.69, 9.17) is 19.3 Å². The van der Waals surface area contributed by atoms with Crippen molar-refractivity contribution in [1.29, 1.82) is 0 Å². The van der Waals surface area contributed by atoms with Crippen LogP contribution in [0.2, 0.25) is 0 Å². The van der Waals surface area contributed by atoms with Crippen LogP contribution >= 0.6 is 15.9 Å². The van der Waals surface area contributed by atoms with Crippen LogP contribution in [0.15, 0.2) is 70.2 Å². The van der Waals surface area contributed by atoms with Crippen molar-refractivity contribution < 1.29 is 14.2 Å². The molecule has 3 aromatic rings. The summed E-state index contributed by atoms with van der Waals surface area (Å²) in [5, 5.41) is 7.12. The van der Waals surface area contributed by atoms with Crippen LogP contribution < -0.4 is 14.2 Å². The minimum atomic E-state index is -0.268. The summed E-state index contributed by atoms with van der Waals surface area (Å²) >= 11 is 3.61. The summed E-state index contributed by atoms with van der Waals surface area (Å²) in [5.74, 6) is 2.46. The molecule has 5 nitrogen and oxygen atoms in total. The number of hydrazone groups is 1. The smallest absolute Gasteiger partial charge is 0.231 e. The molecule has 0 aliphatic carbocycles. The van der Waals surface area contributed by atoms with E-state index in [1.165, 1.54) is 5.56 Å². The summed E-state index contributed by atoms with van der Waals surface area (Å²) in [5.41, 5.74) is 5.53. The molecule has 0 spiro atoms. The third-order valence-electron chi connectivity index (χ3n) is 5.82. The number of rotatable bonds is 2. The van der Waals surface area contributed by atoms with Crippen molar-refractivity contribution in [2.75, 3.05) is 6.79 Å². The Balaban J connectivity index is 1.43. The fourth-order valence-corrected chi connectivity index (χ4v) is 4.64. The van der Waals surface area contributed by atoms with Gasteiger partial charge in [-0.05, 0) is 43.3 Å². The number of hydrogen-bond donors (Lipinski definition) is 0. The number of aryl methyl sites for hydroxylation is 1. The zero-order valence-electron chi connectivity index (χ0n) is 16.3. The minimum absolute atomic E-state index is 0.109. The molecule has 3 aliphatic heterocycles. The first-order valence-electron chi connectivity index (χ1n) is 9.94. The van der Waals surface area contributed by atoms with Crippen LogP contribution in [-0.4, -0.2) is 17.5 Å². The van der Waals surface area contributed by atoms with Gasteiger partial charge in [0.25, 0.3) is 0 Å². The molecule has 3 heterocycles. The van der Waals surface area contributed by atoms with Gasteiger partial charge in [0.05, 0.1) is 11.8 Å². The van der Waals surface area contributed by atoms with Crippen LogP contribution in [0.25, 0.3) is 0 Å². The molecule has 0 radical (unpaired) electrons. The van der Waals surface area contributed by atoms with Gasteiger partial charge in [0.1, 0.15) is 5.75 Å². The molecule has 0 unspecified atom stereocenters. The Morgan fingerprint density at radius 1 is 0.933 bits per heavy atom. The molecule has 3 aliphatic rings. The minimum Gasteiger partial charge on any atom is -0.464 e. The highest BCUT2D eigenvalue weighted by Crippen LogP contribution is 2.48. The zero-order valence-corrected chi connectivity index (χ0v) is 17.9. The van der Waals surface area contributed by atoms with Crippen LogP contribution in [0, 0.1) is 6.92 Å². The molecular weight excluding hydrogens is 444 g/mol. The van der Waals surface area contributed by atoms with E-state index in [-0.39, 0.29) is 19.1 Å². The molecule has 30 heavy (non-hydrogen) atoms. The Bertz CT molecular complexity index is 1180. The van der Waals surface area contributed by atoms with Crippen molar-refractivity contribution >= 4 is 21.6 Å². The summed E-state index contributed by atoms with van der Waals surface area (Å²) < 4.78 is 18.5. The molecule has 6 rings (SSSR count). The average Bonchev–Trinajstić information content (AvgIpc) is 3.41. The maximum absolute atomic E-state index is 6.44. The van der Waals surface area contributed by atoms with Gasteiger partial charge >= 0.3 is 0 Å². The highest BCUT2D eigenvalue weighted by atomic mass is 79.9. The lowest BCUT2D eigenvalue weighted by Crippen LogP contribution is -2.33.